The van der Waals surface area contributed by atoms with E-state index in [4.69, 9.17) is 21.3 Å². The number of hydrogen-bond acceptors (Lipinski definition) is 5. The second kappa shape index (κ2) is 9.69. The summed E-state index contributed by atoms with van der Waals surface area (Å²) in [6.45, 7) is 3.64. The van der Waals surface area contributed by atoms with E-state index in [9.17, 15) is 4.79 Å². The minimum Gasteiger partial charge on any atom is -0.381 e. The minimum atomic E-state index is -0.0893. The summed E-state index contributed by atoms with van der Waals surface area (Å²) in [4.78, 5) is 22.9. The molecule has 0 spiro atoms. The highest BCUT2D eigenvalue weighted by Gasteiger charge is 2.24. The van der Waals surface area contributed by atoms with Crippen molar-refractivity contribution in [2.45, 2.75) is 57.5 Å². The van der Waals surface area contributed by atoms with Gasteiger partial charge in [0.1, 0.15) is 0 Å². The topological polar surface area (TPSA) is 74.0 Å². The van der Waals surface area contributed by atoms with Crippen LogP contribution < -0.4 is 11.0 Å². The molecule has 0 unspecified atom stereocenters. The zero-order chi connectivity index (χ0) is 22.8. The van der Waals surface area contributed by atoms with E-state index >= 15 is 0 Å². The van der Waals surface area contributed by atoms with E-state index < -0.39 is 0 Å². The fourth-order valence-corrected chi connectivity index (χ4v) is 5.08. The van der Waals surface area contributed by atoms with Crippen molar-refractivity contribution in [1.82, 2.24) is 19.1 Å². The molecule has 7 nitrogen and oxygen atoms in total. The van der Waals surface area contributed by atoms with Gasteiger partial charge in [0, 0.05) is 42.7 Å². The van der Waals surface area contributed by atoms with Gasteiger partial charge in [0.05, 0.1) is 17.1 Å². The van der Waals surface area contributed by atoms with Crippen LogP contribution in [0.3, 0.4) is 0 Å². The smallest absolute Gasteiger partial charge is 0.333 e. The van der Waals surface area contributed by atoms with Crippen molar-refractivity contribution in [1.29, 1.82) is 0 Å². The Morgan fingerprint density at radius 2 is 1.88 bits per heavy atom. The quantitative estimate of drug-likeness (QED) is 0.565. The molecule has 174 valence electrons. The number of halogens is 1. The molecule has 0 radical (unpaired) electrons. The molecule has 1 saturated carbocycles. The van der Waals surface area contributed by atoms with Crippen LogP contribution in [0.1, 0.15) is 51.5 Å². The number of nitrogens with one attached hydrogen (secondary N) is 1. The predicted octanol–water partition coefficient (Wildman–Crippen LogP) is 5.09. The van der Waals surface area contributed by atoms with E-state index in [1.807, 2.05) is 41.1 Å². The van der Waals surface area contributed by atoms with Crippen molar-refractivity contribution in [3.63, 3.8) is 0 Å². The molecule has 2 fully saturated rings. The van der Waals surface area contributed by atoms with Gasteiger partial charge in [0.15, 0.2) is 0 Å². The molecule has 0 amide bonds. The number of aromatic nitrogens is 4. The molecule has 1 aliphatic heterocycles. The van der Waals surface area contributed by atoms with Crippen molar-refractivity contribution in [3.05, 3.63) is 58.2 Å². The molecule has 2 aliphatic rings. The number of benzene rings is 1. The maximum absolute atomic E-state index is 13.6. The van der Waals surface area contributed by atoms with Crippen LogP contribution in [0.5, 0.6) is 0 Å². The van der Waals surface area contributed by atoms with Gasteiger partial charge in [-0.2, -0.15) is 0 Å². The summed E-state index contributed by atoms with van der Waals surface area (Å²) in [5.74, 6) is 1.39. The fraction of sp³-hybridized carbons (Fsp3) is 0.480. The van der Waals surface area contributed by atoms with Crippen molar-refractivity contribution in [2.75, 3.05) is 18.5 Å². The summed E-state index contributed by atoms with van der Waals surface area (Å²) in [6.07, 6.45) is 10.0. The summed E-state index contributed by atoms with van der Waals surface area (Å²) in [6, 6.07) is 9.73. The molecule has 1 N–H and O–H groups in total. The Balaban J connectivity index is 1.53. The van der Waals surface area contributed by atoms with Crippen molar-refractivity contribution in [3.8, 4) is 17.1 Å². The molecular weight excluding hydrogens is 438 g/mol. The molecule has 0 atom stereocenters. The van der Waals surface area contributed by atoms with Crippen molar-refractivity contribution < 1.29 is 4.74 Å². The third-order valence-corrected chi connectivity index (χ3v) is 7.07. The number of hydrogen-bond donors (Lipinski definition) is 1. The van der Waals surface area contributed by atoms with Crippen LogP contribution in [-0.4, -0.2) is 38.4 Å². The van der Waals surface area contributed by atoms with Gasteiger partial charge >= 0.3 is 5.69 Å². The second-order valence-corrected chi connectivity index (χ2v) is 9.67. The van der Waals surface area contributed by atoms with Crippen LogP contribution in [0.4, 0.5) is 5.95 Å². The molecule has 1 saturated heterocycles. The molecule has 8 heteroatoms. The Kier molecular flexibility index (Phi) is 6.51. The van der Waals surface area contributed by atoms with E-state index in [1.165, 1.54) is 12.8 Å². The Morgan fingerprint density at radius 1 is 1.09 bits per heavy atom. The van der Waals surface area contributed by atoms with Gasteiger partial charge in [-0.25, -0.2) is 14.8 Å². The molecule has 0 bridgehead atoms. The first-order chi connectivity index (χ1) is 16.1. The zero-order valence-corrected chi connectivity index (χ0v) is 19.7. The average molecular weight is 468 g/mol. The first-order valence-electron chi connectivity index (χ1n) is 11.9. The molecule has 33 heavy (non-hydrogen) atoms. The van der Waals surface area contributed by atoms with Gasteiger partial charge in [-0.3, -0.25) is 9.13 Å². The lowest BCUT2D eigenvalue weighted by Crippen LogP contribution is -2.30. The van der Waals surface area contributed by atoms with Gasteiger partial charge in [0.2, 0.25) is 5.95 Å². The molecular formula is C25H30ClN5O2. The maximum atomic E-state index is 13.6. The highest BCUT2D eigenvalue weighted by Crippen LogP contribution is 2.28. The van der Waals surface area contributed by atoms with Crippen LogP contribution in [0.25, 0.3) is 17.1 Å². The van der Waals surface area contributed by atoms with Crippen LogP contribution in [0.2, 0.25) is 5.02 Å². The van der Waals surface area contributed by atoms with Crippen molar-refractivity contribution in [2.24, 2.45) is 5.92 Å². The fourth-order valence-electron chi connectivity index (χ4n) is 4.89. The molecule has 1 aliphatic carbocycles. The normalized spacial score (nSPS) is 21.8. The van der Waals surface area contributed by atoms with Crippen LogP contribution >= 0.6 is 11.6 Å². The molecule has 2 aromatic heterocycles. The molecule has 5 rings (SSSR count). The Labute approximate surface area is 198 Å². The van der Waals surface area contributed by atoms with Gasteiger partial charge in [-0.15, -0.1) is 0 Å². The summed E-state index contributed by atoms with van der Waals surface area (Å²) < 4.78 is 9.04. The Hall–Kier alpha value is -2.64. The third kappa shape index (κ3) is 4.84. The van der Waals surface area contributed by atoms with Gasteiger partial charge in [0.25, 0.3) is 0 Å². The first-order valence-corrected chi connectivity index (χ1v) is 12.2. The van der Waals surface area contributed by atoms with Crippen LogP contribution in [0, 0.1) is 5.92 Å². The Bertz CT molecular complexity index is 1160. The summed E-state index contributed by atoms with van der Waals surface area (Å²) in [5.41, 5.74) is 2.08. The van der Waals surface area contributed by atoms with Crippen molar-refractivity contribution >= 4 is 17.5 Å². The van der Waals surface area contributed by atoms with Gasteiger partial charge in [-0.05, 0) is 68.7 Å². The largest absolute Gasteiger partial charge is 0.381 e. The standard InChI is InChI=1S/C25H30ClN5O2/c1-17-5-7-19(8-6-17)28-24-27-12-9-22(29-24)23-16-30(20-10-13-33-14-11-20)25(32)31(23)21-4-2-3-18(26)15-21/h2-4,9,12,15-17,19-20H,5-8,10-11,13-14H2,1H3,(H,27,28,29). The zero-order valence-electron chi connectivity index (χ0n) is 18.9. The SMILES string of the molecule is CC1CCC(Nc2nccc(-c3cn(C4CCOCC4)c(=O)n3-c3cccc(Cl)c3)n2)CC1. The van der Waals surface area contributed by atoms with E-state index in [0.29, 0.717) is 35.9 Å². The van der Waals surface area contributed by atoms with Crippen LogP contribution in [-0.2, 0) is 4.74 Å². The summed E-state index contributed by atoms with van der Waals surface area (Å²) >= 11 is 6.27. The minimum absolute atomic E-state index is 0.0893. The predicted molar refractivity (Wildman–Crippen MR) is 130 cm³/mol. The highest BCUT2D eigenvalue weighted by molar-refractivity contribution is 6.30. The summed E-state index contributed by atoms with van der Waals surface area (Å²) in [7, 11) is 0. The number of nitrogens with zero attached hydrogens (tertiary/aromatic N) is 4. The summed E-state index contributed by atoms with van der Waals surface area (Å²) in [5, 5.41) is 4.09. The number of imidazole rings is 1. The average Bonchev–Trinajstić information content (AvgIpc) is 3.18. The lowest BCUT2D eigenvalue weighted by Gasteiger charge is -2.26. The lowest BCUT2D eigenvalue weighted by atomic mass is 9.87. The maximum Gasteiger partial charge on any atom is 0.333 e. The molecule has 3 heterocycles. The Morgan fingerprint density at radius 3 is 2.64 bits per heavy atom. The number of ether oxygens (including phenoxy) is 1. The van der Waals surface area contributed by atoms with E-state index in [-0.39, 0.29) is 11.7 Å². The third-order valence-electron chi connectivity index (χ3n) is 6.83. The lowest BCUT2D eigenvalue weighted by molar-refractivity contribution is 0.0686. The molecule has 1 aromatic carbocycles. The molecule has 3 aromatic rings. The van der Waals surface area contributed by atoms with E-state index in [0.717, 1.165) is 43.0 Å². The van der Waals surface area contributed by atoms with Crippen LogP contribution in [0.15, 0.2) is 47.5 Å². The first kappa shape index (κ1) is 22.2. The van der Waals surface area contributed by atoms with Gasteiger partial charge in [-0.1, -0.05) is 24.6 Å². The van der Waals surface area contributed by atoms with E-state index in [1.54, 1.807) is 10.8 Å². The number of anilines is 1. The van der Waals surface area contributed by atoms with E-state index in [2.05, 4.69) is 17.2 Å². The monoisotopic (exact) mass is 467 g/mol. The highest BCUT2D eigenvalue weighted by atomic mass is 35.5. The number of rotatable bonds is 5. The second-order valence-electron chi connectivity index (χ2n) is 9.23. The van der Waals surface area contributed by atoms with Gasteiger partial charge < -0.3 is 10.1 Å².